The van der Waals surface area contributed by atoms with E-state index >= 15 is 0 Å². The lowest BCUT2D eigenvalue weighted by Crippen LogP contribution is -2.39. The van der Waals surface area contributed by atoms with Gasteiger partial charge in [0, 0.05) is 19.5 Å². The third kappa shape index (κ3) is 4.56. The molecule has 0 fully saturated rings. The highest BCUT2D eigenvalue weighted by molar-refractivity contribution is 7.92. The number of nitrogens with one attached hydrogen (secondary N) is 1. The first-order chi connectivity index (χ1) is 13.3. The predicted octanol–water partition coefficient (Wildman–Crippen LogP) is 2.24. The summed E-state index contributed by atoms with van der Waals surface area (Å²) in [4.78, 5) is 12.7. The minimum absolute atomic E-state index is 0.176. The summed E-state index contributed by atoms with van der Waals surface area (Å²) in [7, 11) is -1.88. The monoisotopic (exact) mass is 404 g/mol. The molecule has 8 heteroatoms. The van der Waals surface area contributed by atoms with Crippen molar-refractivity contribution in [1.82, 2.24) is 5.32 Å². The molecule has 0 aromatic heterocycles. The van der Waals surface area contributed by atoms with Gasteiger partial charge in [-0.2, -0.15) is 0 Å². The van der Waals surface area contributed by atoms with Gasteiger partial charge in [0.05, 0.1) is 19.1 Å². The summed E-state index contributed by atoms with van der Waals surface area (Å²) >= 11 is 0. The van der Waals surface area contributed by atoms with Gasteiger partial charge >= 0.3 is 0 Å². The van der Waals surface area contributed by atoms with Crippen LogP contribution in [0.5, 0.6) is 11.5 Å². The number of ether oxygens (including phenoxy) is 2. The number of rotatable bonds is 5. The summed E-state index contributed by atoms with van der Waals surface area (Å²) in [6.45, 7) is 2.40. The van der Waals surface area contributed by atoms with Gasteiger partial charge in [0.2, 0.25) is 10.0 Å². The molecule has 150 valence electrons. The lowest BCUT2D eigenvalue weighted by atomic mass is 10.2. The highest BCUT2D eigenvalue weighted by Gasteiger charge is 2.31. The number of anilines is 1. The second kappa shape index (κ2) is 8.10. The van der Waals surface area contributed by atoms with Gasteiger partial charge in [0.25, 0.3) is 5.91 Å². The molecule has 0 spiro atoms. The summed E-state index contributed by atoms with van der Waals surface area (Å²) in [5.41, 5.74) is 2.31. The summed E-state index contributed by atoms with van der Waals surface area (Å²) in [6, 6.07) is 12.7. The Morgan fingerprint density at radius 3 is 2.61 bits per heavy atom. The zero-order valence-electron chi connectivity index (χ0n) is 16.1. The van der Waals surface area contributed by atoms with Crippen molar-refractivity contribution in [2.24, 2.45) is 0 Å². The topological polar surface area (TPSA) is 84.9 Å². The SMILES string of the molecule is COc1ccc(CNC(=O)[C@@H]2CCN(S(C)(=O)=O)c3cc(C)ccc3O2)cc1. The molecule has 7 nitrogen and oxygen atoms in total. The third-order valence-electron chi connectivity index (χ3n) is 4.57. The highest BCUT2D eigenvalue weighted by Crippen LogP contribution is 2.35. The van der Waals surface area contributed by atoms with Gasteiger partial charge in [0.15, 0.2) is 6.10 Å². The number of sulfonamides is 1. The van der Waals surface area contributed by atoms with E-state index in [9.17, 15) is 13.2 Å². The Morgan fingerprint density at radius 1 is 1.25 bits per heavy atom. The van der Waals surface area contributed by atoms with E-state index < -0.39 is 16.1 Å². The Balaban J connectivity index is 1.74. The van der Waals surface area contributed by atoms with Gasteiger partial charge in [-0.1, -0.05) is 18.2 Å². The number of amides is 1. The number of hydrogen-bond acceptors (Lipinski definition) is 5. The van der Waals surface area contributed by atoms with E-state index in [-0.39, 0.29) is 18.9 Å². The van der Waals surface area contributed by atoms with Gasteiger partial charge in [0.1, 0.15) is 11.5 Å². The van der Waals surface area contributed by atoms with Crippen LogP contribution in [0.3, 0.4) is 0 Å². The van der Waals surface area contributed by atoms with E-state index in [0.29, 0.717) is 18.0 Å². The van der Waals surface area contributed by atoms with Crippen molar-refractivity contribution >= 4 is 21.6 Å². The second-order valence-corrected chi connectivity index (χ2v) is 8.67. The lowest BCUT2D eigenvalue weighted by molar-refractivity contribution is -0.128. The molecule has 2 aromatic carbocycles. The van der Waals surface area contributed by atoms with Crippen molar-refractivity contribution in [3.63, 3.8) is 0 Å². The van der Waals surface area contributed by atoms with E-state index in [1.54, 1.807) is 19.2 Å². The molecule has 1 aliphatic heterocycles. The van der Waals surface area contributed by atoms with Crippen LogP contribution in [-0.2, 0) is 21.4 Å². The van der Waals surface area contributed by atoms with Crippen LogP contribution in [0.15, 0.2) is 42.5 Å². The Morgan fingerprint density at radius 2 is 1.96 bits per heavy atom. The van der Waals surface area contributed by atoms with Crippen LogP contribution in [0.1, 0.15) is 17.5 Å². The van der Waals surface area contributed by atoms with E-state index in [2.05, 4.69) is 5.32 Å². The van der Waals surface area contributed by atoms with Gasteiger partial charge in [-0.3, -0.25) is 9.10 Å². The van der Waals surface area contributed by atoms with Crippen LogP contribution in [0.2, 0.25) is 0 Å². The Hall–Kier alpha value is -2.74. The molecule has 28 heavy (non-hydrogen) atoms. The molecule has 0 unspecified atom stereocenters. The Labute approximate surface area is 165 Å². The third-order valence-corrected chi connectivity index (χ3v) is 5.75. The first kappa shape index (κ1) is 20.0. The Kier molecular flexibility index (Phi) is 5.79. The van der Waals surface area contributed by atoms with Crippen LogP contribution in [0, 0.1) is 6.92 Å². The van der Waals surface area contributed by atoms with Gasteiger partial charge in [-0.25, -0.2) is 8.42 Å². The zero-order chi connectivity index (χ0) is 20.3. The van der Waals surface area contributed by atoms with Crippen molar-refractivity contribution in [3.05, 3.63) is 53.6 Å². The number of hydrogen-bond donors (Lipinski definition) is 1. The quantitative estimate of drug-likeness (QED) is 0.826. The number of benzene rings is 2. The molecule has 0 aliphatic carbocycles. The number of fused-ring (bicyclic) bond motifs is 1. The number of carbonyl (C=O) groups is 1. The molecule has 3 rings (SSSR count). The van der Waals surface area contributed by atoms with Crippen LogP contribution in [0.4, 0.5) is 5.69 Å². The predicted molar refractivity (Wildman–Crippen MR) is 107 cm³/mol. The van der Waals surface area contributed by atoms with E-state index in [0.717, 1.165) is 23.1 Å². The number of carbonyl (C=O) groups excluding carboxylic acids is 1. The van der Waals surface area contributed by atoms with Crippen LogP contribution in [-0.4, -0.2) is 40.3 Å². The minimum atomic E-state index is -3.48. The molecular formula is C20H24N2O5S. The van der Waals surface area contributed by atoms with Crippen LogP contribution < -0.4 is 19.1 Å². The van der Waals surface area contributed by atoms with Gasteiger partial charge < -0.3 is 14.8 Å². The molecule has 0 bridgehead atoms. The molecular weight excluding hydrogens is 380 g/mol. The summed E-state index contributed by atoms with van der Waals surface area (Å²) in [6.07, 6.45) is 0.643. The first-order valence-corrected chi connectivity index (χ1v) is 10.8. The van der Waals surface area contributed by atoms with E-state index in [1.165, 1.54) is 4.31 Å². The largest absolute Gasteiger partial charge is 0.497 e. The molecule has 1 heterocycles. The van der Waals surface area contributed by atoms with Crippen molar-refractivity contribution in [3.8, 4) is 11.5 Å². The summed E-state index contributed by atoms with van der Waals surface area (Å²) < 4.78 is 36.7. The highest BCUT2D eigenvalue weighted by atomic mass is 32.2. The Bertz CT molecular complexity index is 957. The fourth-order valence-corrected chi connectivity index (χ4v) is 4.00. The standard InChI is InChI=1S/C20H24N2O5S/c1-14-4-9-18-17(12-14)22(28(3,24)25)11-10-19(27-18)20(23)21-13-15-5-7-16(26-2)8-6-15/h4-9,12,19H,10-11,13H2,1-3H3,(H,21,23)/t19-/m0/s1. The summed E-state index contributed by atoms with van der Waals surface area (Å²) in [5, 5.41) is 2.86. The lowest BCUT2D eigenvalue weighted by Gasteiger charge is -2.21. The molecule has 1 aliphatic rings. The van der Waals surface area contributed by atoms with Crippen LogP contribution >= 0.6 is 0 Å². The molecule has 0 saturated heterocycles. The number of nitrogens with zero attached hydrogens (tertiary/aromatic N) is 1. The molecule has 2 aromatic rings. The average molecular weight is 404 g/mol. The number of aryl methyl sites for hydroxylation is 1. The van der Waals surface area contributed by atoms with Crippen molar-refractivity contribution < 1.29 is 22.7 Å². The minimum Gasteiger partial charge on any atom is -0.497 e. The van der Waals surface area contributed by atoms with E-state index in [1.807, 2.05) is 37.3 Å². The normalized spacial score (nSPS) is 16.5. The van der Waals surface area contributed by atoms with Crippen molar-refractivity contribution in [2.45, 2.75) is 26.0 Å². The van der Waals surface area contributed by atoms with Gasteiger partial charge in [-0.15, -0.1) is 0 Å². The molecule has 1 N–H and O–H groups in total. The van der Waals surface area contributed by atoms with Crippen molar-refractivity contribution in [1.29, 1.82) is 0 Å². The fraction of sp³-hybridized carbons (Fsp3) is 0.350. The van der Waals surface area contributed by atoms with Gasteiger partial charge in [-0.05, 0) is 42.3 Å². The fourth-order valence-electron chi connectivity index (χ4n) is 3.06. The van der Waals surface area contributed by atoms with Crippen molar-refractivity contribution in [2.75, 3.05) is 24.2 Å². The zero-order valence-corrected chi connectivity index (χ0v) is 17.0. The molecule has 0 saturated carbocycles. The maximum absolute atomic E-state index is 12.7. The first-order valence-electron chi connectivity index (χ1n) is 8.93. The smallest absolute Gasteiger partial charge is 0.261 e. The maximum Gasteiger partial charge on any atom is 0.261 e. The summed E-state index contributed by atoms with van der Waals surface area (Å²) in [5.74, 6) is 0.853. The van der Waals surface area contributed by atoms with Crippen LogP contribution in [0.25, 0.3) is 0 Å². The molecule has 0 radical (unpaired) electrons. The number of methoxy groups -OCH3 is 1. The average Bonchev–Trinajstić information content (AvgIpc) is 2.85. The maximum atomic E-state index is 12.7. The molecule has 1 amide bonds. The second-order valence-electron chi connectivity index (χ2n) is 6.77. The molecule has 1 atom stereocenters. The van der Waals surface area contributed by atoms with E-state index in [4.69, 9.17) is 9.47 Å².